The van der Waals surface area contributed by atoms with Gasteiger partial charge in [-0.05, 0) is 37.0 Å². The molecule has 0 unspecified atom stereocenters. The molecule has 0 saturated heterocycles. The second kappa shape index (κ2) is 5.53. The fraction of sp³-hybridized carbons (Fsp3) is 1.00. The topological polar surface area (TPSA) is 20.2 Å². The molecule has 0 aromatic rings. The molecule has 2 saturated carbocycles. The van der Waals surface area contributed by atoms with Crippen molar-refractivity contribution in [3.8, 4) is 0 Å². The summed E-state index contributed by atoms with van der Waals surface area (Å²) in [7, 11) is 0. The maximum atomic E-state index is 9.86. The summed E-state index contributed by atoms with van der Waals surface area (Å²) in [5, 5.41) is 9.86. The Balaban J connectivity index is 1.57. The Labute approximate surface area is 101 Å². The van der Waals surface area contributed by atoms with Crippen molar-refractivity contribution in [2.24, 2.45) is 11.3 Å². The van der Waals surface area contributed by atoms with Gasteiger partial charge in [-0.2, -0.15) is 0 Å². The minimum absolute atomic E-state index is 0.0499. The van der Waals surface area contributed by atoms with Gasteiger partial charge in [-0.3, -0.25) is 0 Å². The quantitative estimate of drug-likeness (QED) is 0.640. The van der Waals surface area contributed by atoms with Crippen molar-refractivity contribution in [3.05, 3.63) is 0 Å². The molecule has 0 heterocycles. The van der Waals surface area contributed by atoms with Gasteiger partial charge in [0.15, 0.2) is 0 Å². The van der Waals surface area contributed by atoms with Crippen molar-refractivity contribution < 1.29 is 5.11 Å². The van der Waals surface area contributed by atoms with Crippen LogP contribution in [0, 0.1) is 11.3 Å². The van der Waals surface area contributed by atoms with Crippen LogP contribution in [0.4, 0.5) is 0 Å². The highest BCUT2D eigenvalue weighted by Crippen LogP contribution is 2.64. The number of fused-ring (bicyclic) bond motifs is 1. The van der Waals surface area contributed by atoms with Gasteiger partial charge in [0.1, 0.15) is 0 Å². The molecule has 16 heavy (non-hydrogen) atoms. The zero-order valence-electron chi connectivity index (χ0n) is 10.9. The van der Waals surface area contributed by atoms with Gasteiger partial charge < -0.3 is 5.11 Å². The average Bonchev–Trinajstić information content (AvgIpc) is 3.00. The lowest BCUT2D eigenvalue weighted by Crippen LogP contribution is -2.21. The highest BCUT2D eigenvalue weighted by Gasteiger charge is 2.57. The van der Waals surface area contributed by atoms with Gasteiger partial charge in [0, 0.05) is 0 Å². The van der Waals surface area contributed by atoms with Crippen molar-refractivity contribution in [1.82, 2.24) is 0 Å². The normalized spacial score (nSPS) is 37.1. The fourth-order valence-electron chi connectivity index (χ4n) is 3.74. The predicted molar refractivity (Wildman–Crippen MR) is 68.4 cm³/mol. The van der Waals surface area contributed by atoms with Crippen LogP contribution in [0.2, 0.25) is 0 Å². The molecule has 3 atom stereocenters. The molecule has 0 bridgehead atoms. The van der Waals surface area contributed by atoms with Crippen molar-refractivity contribution in [2.75, 3.05) is 0 Å². The predicted octanol–water partition coefficient (Wildman–Crippen LogP) is 4.29. The summed E-state index contributed by atoms with van der Waals surface area (Å²) in [6.07, 6.45) is 15.0. The zero-order chi connectivity index (χ0) is 11.4. The smallest absolute Gasteiger partial charge is 0.0573 e. The molecule has 0 radical (unpaired) electrons. The van der Waals surface area contributed by atoms with Gasteiger partial charge in [-0.15, -0.1) is 0 Å². The summed E-state index contributed by atoms with van der Waals surface area (Å²) < 4.78 is 0. The Kier molecular flexibility index (Phi) is 4.29. The van der Waals surface area contributed by atoms with E-state index in [9.17, 15) is 5.11 Å². The van der Waals surface area contributed by atoms with Crippen LogP contribution in [-0.2, 0) is 0 Å². The molecule has 2 fully saturated rings. The highest BCUT2D eigenvalue weighted by atomic mass is 16.3. The molecule has 1 heteroatoms. The molecule has 0 spiro atoms. The van der Waals surface area contributed by atoms with Crippen molar-refractivity contribution >= 4 is 0 Å². The van der Waals surface area contributed by atoms with E-state index < -0.39 is 0 Å². The van der Waals surface area contributed by atoms with E-state index in [4.69, 9.17) is 0 Å². The van der Waals surface area contributed by atoms with Crippen LogP contribution >= 0.6 is 0 Å². The van der Waals surface area contributed by atoms with E-state index in [1.54, 1.807) is 0 Å². The lowest BCUT2D eigenvalue weighted by molar-refractivity contribution is 0.0896. The summed E-state index contributed by atoms with van der Waals surface area (Å²) >= 11 is 0. The van der Waals surface area contributed by atoms with E-state index in [1.807, 2.05) is 0 Å². The summed E-state index contributed by atoms with van der Waals surface area (Å²) in [4.78, 5) is 0. The maximum absolute atomic E-state index is 9.86. The Hall–Kier alpha value is -0.0400. The fourth-order valence-corrected chi connectivity index (χ4v) is 3.74. The number of rotatable bonds is 7. The number of hydrogen-bond donors (Lipinski definition) is 1. The van der Waals surface area contributed by atoms with E-state index >= 15 is 0 Å². The van der Waals surface area contributed by atoms with E-state index in [2.05, 4.69) is 6.92 Å². The maximum Gasteiger partial charge on any atom is 0.0573 e. The van der Waals surface area contributed by atoms with Crippen LogP contribution in [0.5, 0.6) is 0 Å². The van der Waals surface area contributed by atoms with Gasteiger partial charge in [0.25, 0.3) is 0 Å². The first-order chi connectivity index (χ1) is 7.78. The van der Waals surface area contributed by atoms with Gasteiger partial charge in [-0.1, -0.05) is 51.9 Å². The molecule has 2 aliphatic rings. The molecule has 0 aromatic heterocycles. The second-order valence-corrected chi connectivity index (χ2v) is 6.15. The molecule has 1 nitrogen and oxygen atoms in total. The molecule has 1 N–H and O–H groups in total. The summed E-state index contributed by atoms with van der Waals surface area (Å²) in [6.45, 7) is 2.27. The minimum atomic E-state index is 0.0499. The molecule has 0 aromatic carbocycles. The Bertz CT molecular complexity index is 213. The Morgan fingerprint density at radius 3 is 2.69 bits per heavy atom. The molecular formula is C15H28O. The van der Waals surface area contributed by atoms with Crippen LogP contribution in [0.15, 0.2) is 0 Å². The summed E-state index contributed by atoms with van der Waals surface area (Å²) in [6, 6.07) is 0. The van der Waals surface area contributed by atoms with Crippen LogP contribution < -0.4 is 0 Å². The van der Waals surface area contributed by atoms with Crippen LogP contribution in [0.1, 0.15) is 77.6 Å². The third-order valence-corrected chi connectivity index (χ3v) is 4.92. The molecule has 2 aliphatic carbocycles. The minimum Gasteiger partial charge on any atom is -0.393 e. The van der Waals surface area contributed by atoms with Crippen LogP contribution in [0.3, 0.4) is 0 Å². The van der Waals surface area contributed by atoms with Crippen LogP contribution in [-0.4, -0.2) is 11.2 Å². The standard InChI is InChI=1S/C15H28O/c1-2-3-4-5-6-7-10-15-11-8-9-14(16)13(15)12-15/h13-14,16H,2-12H2,1H3/t13-,14+,15-/m1/s1. The first-order valence-corrected chi connectivity index (χ1v) is 7.46. The third kappa shape index (κ3) is 2.80. The molecule has 0 amide bonds. The van der Waals surface area contributed by atoms with Crippen molar-refractivity contribution in [1.29, 1.82) is 0 Å². The van der Waals surface area contributed by atoms with Crippen molar-refractivity contribution in [3.63, 3.8) is 0 Å². The highest BCUT2D eigenvalue weighted by molar-refractivity contribution is 5.07. The lowest BCUT2D eigenvalue weighted by Gasteiger charge is -2.25. The number of aliphatic hydroxyl groups excluding tert-OH is 1. The monoisotopic (exact) mass is 224 g/mol. The first-order valence-electron chi connectivity index (χ1n) is 7.46. The molecule has 94 valence electrons. The largest absolute Gasteiger partial charge is 0.393 e. The van der Waals surface area contributed by atoms with E-state index in [0.29, 0.717) is 11.3 Å². The second-order valence-electron chi connectivity index (χ2n) is 6.15. The first kappa shape index (κ1) is 12.4. The average molecular weight is 224 g/mol. The van der Waals surface area contributed by atoms with E-state index in [-0.39, 0.29) is 6.10 Å². The van der Waals surface area contributed by atoms with Gasteiger partial charge >= 0.3 is 0 Å². The van der Waals surface area contributed by atoms with Crippen molar-refractivity contribution in [2.45, 2.75) is 83.7 Å². The molecule has 0 aliphatic heterocycles. The summed E-state index contributed by atoms with van der Waals surface area (Å²) in [5.41, 5.74) is 0.614. The Morgan fingerprint density at radius 2 is 1.88 bits per heavy atom. The molecule has 2 rings (SSSR count). The van der Waals surface area contributed by atoms with Gasteiger partial charge in [-0.25, -0.2) is 0 Å². The van der Waals surface area contributed by atoms with Gasteiger partial charge in [0.2, 0.25) is 0 Å². The van der Waals surface area contributed by atoms with Crippen LogP contribution in [0.25, 0.3) is 0 Å². The SMILES string of the molecule is CCCCCCCC[C@]12CCC[C@H](O)[C@H]1C2. The number of aliphatic hydroxyl groups is 1. The lowest BCUT2D eigenvalue weighted by atomic mass is 9.83. The Morgan fingerprint density at radius 1 is 1.12 bits per heavy atom. The van der Waals surface area contributed by atoms with E-state index in [0.717, 1.165) is 6.42 Å². The van der Waals surface area contributed by atoms with E-state index in [1.165, 1.54) is 64.2 Å². The number of unbranched alkanes of at least 4 members (excludes halogenated alkanes) is 5. The zero-order valence-corrected chi connectivity index (χ0v) is 10.9. The van der Waals surface area contributed by atoms with Gasteiger partial charge in [0.05, 0.1) is 6.10 Å². The summed E-state index contributed by atoms with van der Waals surface area (Å²) in [5.74, 6) is 0.692. The molecular weight excluding hydrogens is 196 g/mol. The third-order valence-electron chi connectivity index (χ3n) is 4.92. The number of hydrogen-bond acceptors (Lipinski definition) is 1.